The number of aliphatic hydroxyl groups excluding tert-OH is 1. The van der Waals surface area contributed by atoms with Crippen molar-refractivity contribution in [3.05, 3.63) is 36.5 Å². The average molecular weight is 937 g/mol. The van der Waals surface area contributed by atoms with Crippen LogP contribution in [0.1, 0.15) is 264 Å². The molecule has 9 heteroatoms. The number of allylic oxidation sites excluding steroid dienone is 5. The van der Waals surface area contributed by atoms with Crippen molar-refractivity contribution in [2.45, 2.75) is 276 Å². The largest absolute Gasteiger partial charge is 0.756 e. The van der Waals surface area contributed by atoms with Gasteiger partial charge in [-0.1, -0.05) is 237 Å². The predicted octanol–water partition coefficient (Wildman–Crippen LogP) is 16.0. The number of amides is 1. The third-order valence-corrected chi connectivity index (χ3v) is 13.5. The molecule has 2 N–H and O–H groups in total. The maximum atomic E-state index is 12.9. The van der Waals surface area contributed by atoms with Gasteiger partial charge >= 0.3 is 0 Å². The third-order valence-electron chi connectivity index (χ3n) is 12.6. The molecule has 1 amide bonds. The molecule has 3 unspecified atom stereocenters. The smallest absolute Gasteiger partial charge is 0.268 e. The van der Waals surface area contributed by atoms with Crippen LogP contribution >= 0.6 is 7.82 Å². The second-order valence-corrected chi connectivity index (χ2v) is 21.7. The number of hydrogen-bond donors (Lipinski definition) is 2. The molecule has 0 aromatic heterocycles. The van der Waals surface area contributed by atoms with E-state index in [1.807, 2.05) is 27.2 Å². The summed E-state index contributed by atoms with van der Waals surface area (Å²) < 4.78 is 23.3. The summed E-state index contributed by atoms with van der Waals surface area (Å²) in [6.45, 7) is 4.66. The Morgan fingerprint density at radius 3 is 1.25 bits per heavy atom. The van der Waals surface area contributed by atoms with Crippen molar-refractivity contribution in [3.8, 4) is 0 Å². The molecule has 0 saturated heterocycles. The molecule has 3 atom stereocenters. The number of phosphoric ester groups is 1. The summed E-state index contributed by atoms with van der Waals surface area (Å²) in [5.41, 5.74) is 0. The minimum absolute atomic E-state index is 0.00641. The van der Waals surface area contributed by atoms with E-state index in [-0.39, 0.29) is 12.5 Å². The normalized spacial score (nSPS) is 14.3. The summed E-state index contributed by atoms with van der Waals surface area (Å²) >= 11 is 0. The van der Waals surface area contributed by atoms with Crippen molar-refractivity contribution in [2.24, 2.45) is 0 Å². The lowest BCUT2D eigenvalue weighted by Crippen LogP contribution is -2.45. The number of quaternary nitrogens is 1. The van der Waals surface area contributed by atoms with Crippen molar-refractivity contribution in [1.82, 2.24) is 5.32 Å². The fourth-order valence-corrected chi connectivity index (χ4v) is 8.89. The molecule has 8 nitrogen and oxygen atoms in total. The van der Waals surface area contributed by atoms with Crippen LogP contribution in [-0.2, 0) is 18.4 Å². The Kier molecular flexibility index (Phi) is 46.8. The van der Waals surface area contributed by atoms with Crippen molar-refractivity contribution in [2.75, 3.05) is 40.9 Å². The number of phosphoric acid groups is 1. The van der Waals surface area contributed by atoms with Crippen LogP contribution in [0.5, 0.6) is 0 Å². The van der Waals surface area contributed by atoms with Gasteiger partial charge in [0.1, 0.15) is 13.2 Å². The second kappa shape index (κ2) is 47.8. The van der Waals surface area contributed by atoms with Crippen molar-refractivity contribution >= 4 is 13.7 Å². The summed E-state index contributed by atoms with van der Waals surface area (Å²) in [5.74, 6) is -0.208. The maximum absolute atomic E-state index is 12.9. The van der Waals surface area contributed by atoms with Crippen LogP contribution in [0.15, 0.2) is 36.5 Å². The molecule has 0 spiro atoms. The van der Waals surface area contributed by atoms with Gasteiger partial charge in [-0.25, -0.2) is 0 Å². The van der Waals surface area contributed by atoms with Gasteiger partial charge in [0.2, 0.25) is 5.91 Å². The van der Waals surface area contributed by atoms with Crippen LogP contribution in [0, 0.1) is 0 Å². The first-order valence-electron chi connectivity index (χ1n) is 27.9. The second-order valence-electron chi connectivity index (χ2n) is 20.3. The number of likely N-dealkylation sites (N-methyl/N-ethyl adjacent to an activating group) is 1. The molecule has 0 aromatic carbocycles. The summed E-state index contributed by atoms with van der Waals surface area (Å²) in [6.07, 6.45) is 60.7. The van der Waals surface area contributed by atoms with Gasteiger partial charge in [0.05, 0.1) is 39.9 Å². The fourth-order valence-electron chi connectivity index (χ4n) is 8.17. The number of hydrogen-bond acceptors (Lipinski definition) is 6. The Hall–Kier alpha value is -1.28. The molecule has 65 heavy (non-hydrogen) atoms. The molecule has 0 aliphatic rings. The van der Waals surface area contributed by atoms with E-state index < -0.39 is 26.6 Å². The number of carbonyl (C=O) groups is 1. The summed E-state index contributed by atoms with van der Waals surface area (Å²) in [7, 11) is 1.25. The molecule has 384 valence electrons. The van der Waals surface area contributed by atoms with Crippen LogP contribution in [-0.4, -0.2) is 68.5 Å². The monoisotopic (exact) mass is 937 g/mol. The zero-order valence-corrected chi connectivity index (χ0v) is 44.6. The van der Waals surface area contributed by atoms with Gasteiger partial charge in [-0.15, -0.1) is 0 Å². The Bertz CT molecular complexity index is 1150. The van der Waals surface area contributed by atoms with Gasteiger partial charge < -0.3 is 28.8 Å². The summed E-state index contributed by atoms with van der Waals surface area (Å²) in [6, 6.07) is -0.904. The van der Waals surface area contributed by atoms with Gasteiger partial charge in [-0.3, -0.25) is 9.36 Å². The molecule has 0 radical (unpaired) electrons. The van der Waals surface area contributed by atoms with Crippen LogP contribution in [0.25, 0.3) is 0 Å². The standard InChI is InChI=1S/C56H109N2O6P/c1-6-8-10-12-14-16-18-20-22-24-26-27-28-29-30-32-34-36-38-40-42-44-46-48-50-56(60)57-54(53-64-65(61,62)63-52-51-58(3,4)5)55(59)49-47-45-43-41-39-37-35-33-31-25-23-21-19-17-15-13-11-9-7-2/h29-30,39,41,47,49,54-55,59H,6-28,31-38,40,42-46,48,50-53H2,1-5H3,(H-,57,60,61,62)/b30-29-,41-39+,49-47+. The number of nitrogens with one attached hydrogen (secondary N) is 1. The van der Waals surface area contributed by atoms with E-state index in [2.05, 4.69) is 43.5 Å². The van der Waals surface area contributed by atoms with Gasteiger partial charge in [0.15, 0.2) is 0 Å². The minimum Gasteiger partial charge on any atom is -0.756 e. The minimum atomic E-state index is -4.60. The van der Waals surface area contributed by atoms with Crippen LogP contribution < -0.4 is 10.2 Å². The highest BCUT2D eigenvalue weighted by atomic mass is 31.2. The molecule has 0 heterocycles. The molecule has 0 aromatic rings. The Morgan fingerprint density at radius 2 is 0.862 bits per heavy atom. The van der Waals surface area contributed by atoms with Crippen LogP contribution in [0.2, 0.25) is 0 Å². The van der Waals surface area contributed by atoms with Gasteiger partial charge in [-0.2, -0.15) is 0 Å². The summed E-state index contributed by atoms with van der Waals surface area (Å²) in [4.78, 5) is 25.5. The maximum Gasteiger partial charge on any atom is 0.268 e. The van der Waals surface area contributed by atoms with Gasteiger partial charge in [0, 0.05) is 6.42 Å². The SMILES string of the molecule is CCCCCCCCCCCCCC/C=C\CCCCCCCCCCC(=O)NC(COP(=O)([O-])OCC[N+](C)(C)C)C(O)/C=C/CC/C=C/CCCCCCCCCCCCCCC. The zero-order valence-electron chi connectivity index (χ0n) is 43.7. The first-order valence-corrected chi connectivity index (χ1v) is 29.3. The molecule has 0 saturated carbocycles. The predicted molar refractivity (Wildman–Crippen MR) is 279 cm³/mol. The lowest BCUT2D eigenvalue weighted by Gasteiger charge is -2.29. The van der Waals surface area contributed by atoms with E-state index >= 15 is 0 Å². The van der Waals surface area contributed by atoms with E-state index in [1.54, 1.807) is 6.08 Å². The zero-order chi connectivity index (χ0) is 47.8. The quantitative estimate of drug-likeness (QED) is 0.0272. The van der Waals surface area contributed by atoms with Crippen molar-refractivity contribution < 1.29 is 32.9 Å². The van der Waals surface area contributed by atoms with Crippen LogP contribution in [0.3, 0.4) is 0 Å². The summed E-state index contributed by atoms with van der Waals surface area (Å²) in [5, 5.41) is 13.8. The molecular formula is C56H109N2O6P. The average Bonchev–Trinajstić information content (AvgIpc) is 3.26. The lowest BCUT2D eigenvalue weighted by molar-refractivity contribution is -0.870. The number of aliphatic hydroxyl groups is 1. The van der Waals surface area contributed by atoms with E-state index in [1.165, 1.54) is 205 Å². The van der Waals surface area contributed by atoms with Gasteiger partial charge in [0.25, 0.3) is 7.82 Å². The van der Waals surface area contributed by atoms with Crippen LogP contribution in [0.4, 0.5) is 0 Å². The van der Waals surface area contributed by atoms with E-state index in [0.29, 0.717) is 17.4 Å². The molecule has 0 aliphatic heterocycles. The topological polar surface area (TPSA) is 108 Å². The van der Waals surface area contributed by atoms with E-state index in [0.717, 1.165) is 38.5 Å². The Morgan fingerprint density at radius 1 is 0.523 bits per heavy atom. The first kappa shape index (κ1) is 63.7. The lowest BCUT2D eigenvalue weighted by atomic mass is 10.0. The van der Waals surface area contributed by atoms with Crippen molar-refractivity contribution in [3.63, 3.8) is 0 Å². The van der Waals surface area contributed by atoms with E-state index in [4.69, 9.17) is 9.05 Å². The first-order chi connectivity index (χ1) is 31.5. The molecule has 0 aliphatic carbocycles. The van der Waals surface area contributed by atoms with Gasteiger partial charge in [-0.05, 0) is 57.8 Å². The third kappa shape index (κ3) is 50.4. The fraction of sp³-hybridized carbons (Fsp3) is 0.875. The number of rotatable bonds is 51. The highest BCUT2D eigenvalue weighted by molar-refractivity contribution is 7.45. The number of unbranched alkanes of at least 4 members (excludes halogenated alkanes) is 34. The Balaban J connectivity index is 4.27. The molecule has 0 bridgehead atoms. The number of nitrogens with zero attached hydrogens (tertiary/aromatic N) is 1. The highest BCUT2D eigenvalue weighted by Gasteiger charge is 2.23. The molecule has 0 fully saturated rings. The van der Waals surface area contributed by atoms with E-state index in [9.17, 15) is 19.4 Å². The van der Waals surface area contributed by atoms with Crippen molar-refractivity contribution in [1.29, 1.82) is 0 Å². The Labute approximate surface area is 404 Å². The number of carbonyl (C=O) groups excluding carboxylic acids is 1. The molecular weight excluding hydrogens is 828 g/mol. The molecule has 0 rings (SSSR count). The highest BCUT2D eigenvalue weighted by Crippen LogP contribution is 2.38.